The SMILES string of the molecule is CCOc1ccccc1/C=C(\CC(=O)O)C(=O)O. The quantitative estimate of drug-likeness (QED) is 0.755. The molecule has 0 saturated heterocycles. The van der Waals surface area contributed by atoms with Gasteiger partial charge in [-0.15, -0.1) is 0 Å². The summed E-state index contributed by atoms with van der Waals surface area (Å²) in [7, 11) is 0. The summed E-state index contributed by atoms with van der Waals surface area (Å²) >= 11 is 0. The van der Waals surface area contributed by atoms with Crippen LogP contribution in [0, 0.1) is 0 Å². The highest BCUT2D eigenvalue weighted by molar-refractivity contribution is 5.97. The van der Waals surface area contributed by atoms with Crippen LogP contribution in [0.15, 0.2) is 29.8 Å². The van der Waals surface area contributed by atoms with Crippen LogP contribution in [0.25, 0.3) is 6.08 Å². The van der Waals surface area contributed by atoms with E-state index in [4.69, 9.17) is 14.9 Å². The van der Waals surface area contributed by atoms with Crippen molar-refractivity contribution in [3.05, 3.63) is 35.4 Å². The Morgan fingerprint density at radius 1 is 1.28 bits per heavy atom. The molecular formula is C13H14O5. The molecule has 1 rings (SSSR count). The Morgan fingerprint density at radius 3 is 2.50 bits per heavy atom. The van der Waals surface area contributed by atoms with Crippen molar-refractivity contribution < 1.29 is 24.5 Å². The van der Waals surface area contributed by atoms with Crippen molar-refractivity contribution in [1.82, 2.24) is 0 Å². The second kappa shape index (κ2) is 6.44. The fourth-order valence-electron chi connectivity index (χ4n) is 1.43. The summed E-state index contributed by atoms with van der Waals surface area (Å²) in [5.74, 6) is -1.90. The molecule has 0 aliphatic heterocycles. The van der Waals surface area contributed by atoms with Crippen LogP contribution in [0.5, 0.6) is 5.75 Å². The van der Waals surface area contributed by atoms with Gasteiger partial charge in [-0.3, -0.25) is 4.79 Å². The maximum Gasteiger partial charge on any atom is 0.332 e. The molecule has 0 aliphatic rings. The third-order valence-corrected chi connectivity index (χ3v) is 2.16. The summed E-state index contributed by atoms with van der Waals surface area (Å²) in [5.41, 5.74) is 0.368. The number of hydrogen-bond acceptors (Lipinski definition) is 3. The predicted molar refractivity (Wildman–Crippen MR) is 65.5 cm³/mol. The normalized spacial score (nSPS) is 11.1. The molecule has 96 valence electrons. The minimum Gasteiger partial charge on any atom is -0.493 e. The largest absolute Gasteiger partial charge is 0.493 e. The van der Waals surface area contributed by atoms with Crippen LogP contribution in [-0.4, -0.2) is 28.8 Å². The molecule has 0 aliphatic carbocycles. The van der Waals surface area contributed by atoms with E-state index in [1.807, 2.05) is 6.92 Å². The van der Waals surface area contributed by atoms with Crippen LogP contribution >= 0.6 is 0 Å². The number of hydrogen-bond donors (Lipinski definition) is 2. The number of aliphatic carboxylic acids is 2. The van der Waals surface area contributed by atoms with Gasteiger partial charge in [0.1, 0.15) is 5.75 Å². The molecule has 0 saturated carbocycles. The van der Waals surface area contributed by atoms with E-state index in [0.29, 0.717) is 17.9 Å². The van der Waals surface area contributed by atoms with Crippen molar-refractivity contribution in [3.8, 4) is 5.75 Å². The Bertz CT molecular complexity index is 476. The number of rotatable bonds is 6. The Balaban J connectivity index is 3.10. The zero-order valence-electron chi connectivity index (χ0n) is 9.92. The molecule has 5 nitrogen and oxygen atoms in total. The maximum absolute atomic E-state index is 10.9. The highest BCUT2D eigenvalue weighted by Crippen LogP contribution is 2.22. The molecule has 1 aromatic carbocycles. The van der Waals surface area contributed by atoms with Gasteiger partial charge in [-0.05, 0) is 19.1 Å². The third kappa shape index (κ3) is 3.93. The van der Waals surface area contributed by atoms with E-state index in [2.05, 4.69) is 0 Å². The van der Waals surface area contributed by atoms with E-state index >= 15 is 0 Å². The minimum atomic E-state index is -1.25. The summed E-state index contributed by atoms with van der Waals surface area (Å²) in [5, 5.41) is 17.6. The Hall–Kier alpha value is -2.30. The molecule has 0 unspecified atom stereocenters. The third-order valence-electron chi connectivity index (χ3n) is 2.16. The first-order chi connectivity index (χ1) is 8.54. The van der Waals surface area contributed by atoms with Gasteiger partial charge in [0, 0.05) is 11.1 Å². The van der Waals surface area contributed by atoms with E-state index in [0.717, 1.165) is 0 Å². The summed E-state index contributed by atoms with van der Waals surface area (Å²) in [6.07, 6.45) is 0.789. The lowest BCUT2D eigenvalue weighted by molar-refractivity contribution is -0.139. The molecule has 0 aromatic heterocycles. The lowest BCUT2D eigenvalue weighted by Crippen LogP contribution is -2.06. The standard InChI is InChI=1S/C13H14O5/c1-2-18-11-6-4-3-5-9(11)7-10(13(16)17)8-12(14)15/h3-7H,2,8H2,1H3,(H,14,15)(H,16,17)/b10-7+. The van der Waals surface area contributed by atoms with E-state index in [9.17, 15) is 9.59 Å². The van der Waals surface area contributed by atoms with Crippen LogP contribution < -0.4 is 4.74 Å². The van der Waals surface area contributed by atoms with Crippen molar-refractivity contribution >= 4 is 18.0 Å². The Kier molecular flexibility index (Phi) is 4.92. The summed E-state index contributed by atoms with van der Waals surface area (Å²) in [6.45, 7) is 2.27. The molecule has 0 heterocycles. The number of ether oxygens (including phenoxy) is 1. The molecule has 0 radical (unpaired) electrons. The number of carboxylic acid groups (broad SMARTS) is 2. The summed E-state index contributed by atoms with van der Waals surface area (Å²) in [6, 6.07) is 6.87. The lowest BCUT2D eigenvalue weighted by atomic mass is 10.1. The zero-order valence-corrected chi connectivity index (χ0v) is 9.92. The van der Waals surface area contributed by atoms with Crippen LogP contribution in [0.2, 0.25) is 0 Å². The monoisotopic (exact) mass is 250 g/mol. The summed E-state index contributed by atoms with van der Waals surface area (Å²) < 4.78 is 5.34. The highest BCUT2D eigenvalue weighted by Gasteiger charge is 2.13. The van der Waals surface area contributed by atoms with Crippen molar-refractivity contribution in [2.45, 2.75) is 13.3 Å². The van der Waals surface area contributed by atoms with E-state index < -0.39 is 18.4 Å². The molecule has 18 heavy (non-hydrogen) atoms. The fourth-order valence-corrected chi connectivity index (χ4v) is 1.43. The van der Waals surface area contributed by atoms with E-state index in [1.54, 1.807) is 24.3 Å². The smallest absolute Gasteiger partial charge is 0.332 e. The maximum atomic E-state index is 10.9. The molecule has 0 fully saturated rings. The van der Waals surface area contributed by atoms with Gasteiger partial charge in [-0.2, -0.15) is 0 Å². The van der Waals surface area contributed by atoms with Crippen molar-refractivity contribution in [3.63, 3.8) is 0 Å². The second-order valence-corrected chi connectivity index (χ2v) is 3.52. The van der Waals surface area contributed by atoms with Gasteiger partial charge in [-0.25, -0.2) is 4.79 Å². The first kappa shape index (κ1) is 13.8. The lowest BCUT2D eigenvalue weighted by Gasteiger charge is -2.07. The van der Waals surface area contributed by atoms with Gasteiger partial charge in [0.05, 0.1) is 13.0 Å². The van der Waals surface area contributed by atoms with Gasteiger partial charge in [-0.1, -0.05) is 18.2 Å². The molecule has 0 atom stereocenters. The molecule has 5 heteroatoms. The van der Waals surface area contributed by atoms with Crippen LogP contribution in [0.1, 0.15) is 18.9 Å². The van der Waals surface area contributed by atoms with Crippen molar-refractivity contribution in [2.24, 2.45) is 0 Å². The number of para-hydroxylation sites is 1. The van der Waals surface area contributed by atoms with Gasteiger partial charge in [0.2, 0.25) is 0 Å². The zero-order chi connectivity index (χ0) is 13.5. The first-order valence-corrected chi connectivity index (χ1v) is 5.42. The van der Waals surface area contributed by atoms with Crippen LogP contribution in [0.3, 0.4) is 0 Å². The fraction of sp³-hybridized carbons (Fsp3) is 0.231. The Labute approximate surface area is 104 Å². The van der Waals surface area contributed by atoms with Gasteiger partial charge < -0.3 is 14.9 Å². The topological polar surface area (TPSA) is 83.8 Å². The Morgan fingerprint density at radius 2 is 1.94 bits per heavy atom. The van der Waals surface area contributed by atoms with E-state index in [1.165, 1.54) is 6.08 Å². The predicted octanol–water partition coefficient (Wildman–Crippen LogP) is 2.03. The highest BCUT2D eigenvalue weighted by atomic mass is 16.5. The van der Waals surface area contributed by atoms with Crippen molar-refractivity contribution in [2.75, 3.05) is 6.61 Å². The number of carboxylic acids is 2. The number of benzene rings is 1. The number of carbonyl (C=O) groups is 2. The first-order valence-electron chi connectivity index (χ1n) is 5.42. The molecule has 1 aromatic rings. The molecule has 0 bridgehead atoms. The van der Waals surface area contributed by atoms with E-state index in [-0.39, 0.29) is 5.57 Å². The van der Waals surface area contributed by atoms with Crippen LogP contribution in [-0.2, 0) is 9.59 Å². The van der Waals surface area contributed by atoms with Crippen LogP contribution in [0.4, 0.5) is 0 Å². The van der Waals surface area contributed by atoms with Gasteiger partial charge >= 0.3 is 11.9 Å². The second-order valence-electron chi connectivity index (χ2n) is 3.52. The molecular weight excluding hydrogens is 236 g/mol. The van der Waals surface area contributed by atoms with Crippen molar-refractivity contribution in [1.29, 1.82) is 0 Å². The molecule has 0 spiro atoms. The molecule has 2 N–H and O–H groups in total. The van der Waals surface area contributed by atoms with Gasteiger partial charge in [0.15, 0.2) is 0 Å². The molecule has 0 amide bonds. The minimum absolute atomic E-state index is 0.186. The van der Waals surface area contributed by atoms with Gasteiger partial charge in [0.25, 0.3) is 0 Å². The summed E-state index contributed by atoms with van der Waals surface area (Å²) in [4.78, 5) is 21.5. The average molecular weight is 250 g/mol. The average Bonchev–Trinajstić information content (AvgIpc) is 2.30.